The van der Waals surface area contributed by atoms with Crippen molar-refractivity contribution in [3.63, 3.8) is 0 Å². The first kappa shape index (κ1) is 23.6. The number of esters is 2. The Bertz CT molecular complexity index is 1370. The van der Waals surface area contributed by atoms with Gasteiger partial charge in [0.25, 0.3) is 0 Å². The van der Waals surface area contributed by atoms with Crippen LogP contribution in [0.25, 0.3) is 21.6 Å². The summed E-state index contributed by atoms with van der Waals surface area (Å²) < 4.78 is 11.7. The van der Waals surface area contributed by atoms with Crippen LogP contribution in [0.15, 0.2) is 65.8 Å². The van der Waals surface area contributed by atoms with Gasteiger partial charge in [-0.15, -0.1) is 0 Å². The number of ether oxygens (including phenoxy) is 2. The molecule has 8 heteroatoms. The summed E-state index contributed by atoms with van der Waals surface area (Å²) in [5, 5.41) is 3.48. The molecule has 0 unspecified atom stereocenters. The lowest BCUT2D eigenvalue weighted by molar-refractivity contribution is -0.134. The van der Waals surface area contributed by atoms with E-state index in [1.165, 1.54) is 11.1 Å². The van der Waals surface area contributed by atoms with E-state index in [2.05, 4.69) is 28.0 Å². The Kier molecular flexibility index (Phi) is 6.71. The lowest BCUT2D eigenvalue weighted by Crippen LogP contribution is -2.35. The van der Waals surface area contributed by atoms with Gasteiger partial charge in [-0.3, -0.25) is 9.69 Å². The first-order valence-electron chi connectivity index (χ1n) is 12.0. The number of azide groups is 1. The van der Waals surface area contributed by atoms with E-state index in [0.29, 0.717) is 12.0 Å². The Morgan fingerprint density at radius 2 is 1.89 bits per heavy atom. The number of nitrogens with zero attached hydrogens (tertiary/aromatic N) is 4. The van der Waals surface area contributed by atoms with E-state index in [-0.39, 0.29) is 30.5 Å². The zero-order valence-corrected chi connectivity index (χ0v) is 20.0. The zero-order chi connectivity index (χ0) is 25.1. The van der Waals surface area contributed by atoms with Gasteiger partial charge in [-0.1, -0.05) is 47.6 Å². The minimum atomic E-state index is -0.528. The van der Waals surface area contributed by atoms with Crippen LogP contribution in [0, 0.1) is 0 Å². The van der Waals surface area contributed by atoms with Gasteiger partial charge in [0.15, 0.2) is 11.5 Å². The number of rotatable bonds is 7. The topological polar surface area (TPSA) is 105 Å². The van der Waals surface area contributed by atoms with Crippen molar-refractivity contribution in [1.29, 1.82) is 0 Å². The molecular formula is C28H26N4O4. The lowest BCUT2D eigenvalue weighted by Gasteiger charge is -2.40. The fourth-order valence-electron chi connectivity index (χ4n) is 5.07. The maximum absolute atomic E-state index is 12.9. The molecule has 0 amide bonds. The molecule has 36 heavy (non-hydrogen) atoms. The number of fused-ring (bicyclic) bond motifs is 2. The SMILES string of the molecule is CN1CCc2cccc3c2[C@H]1Cc1ccc(OC(=O)c2ccccc2)c(OC(=O)CCCN=[N+]=[N-])c1-3. The van der Waals surface area contributed by atoms with Crippen molar-refractivity contribution in [2.45, 2.75) is 31.7 Å². The molecule has 5 rings (SSSR count). The summed E-state index contributed by atoms with van der Waals surface area (Å²) in [5.74, 6) is -0.547. The van der Waals surface area contributed by atoms with Crippen molar-refractivity contribution in [3.05, 3.63) is 93.4 Å². The highest BCUT2D eigenvalue weighted by Gasteiger charge is 2.35. The third kappa shape index (κ3) is 4.56. The number of likely N-dealkylation sites (N-methyl/N-ethyl adjacent to an activating group) is 1. The van der Waals surface area contributed by atoms with Crippen molar-refractivity contribution < 1.29 is 19.1 Å². The van der Waals surface area contributed by atoms with Gasteiger partial charge in [0.05, 0.1) is 5.56 Å². The second-order valence-corrected chi connectivity index (χ2v) is 9.04. The molecule has 8 nitrogen and oxygen atoms in total. The molecule has 182 valence electrons. The molecule has 2 aliphatic rings. The summed E-state index contributed by atoms with van der Waals surface area (Å²) in [6.07, 6.45) is 2.16. The van der Waals surface area contributed by atoms with Crippen LogP contribution in [0.5, 0.6) is 11.5 Å². The predicted molar refractivity (Wildman–Crippen MR) is 135 cm³/mol. The van der Waals surface area contributed by atoms with Crippen LogP contribution in [-0.4, -0.2) is 37.0 Å². The molecule has 1 atom stereocenters. The number of hydrogen-bond acceptors (Lipinski definition) is 6. The summed E-state index contributed by atoms with van der Waals surface area (Å²) in [7, 11) is 2.13. The molecule has 0 aromatic heterocycles. The minimum Gasteiger partial charge on any atom is -0.422 e. The van der Waals surface area contributed by atoms with Gasteiger partial charge in [0.2, 0.25) is 0 Å². The van der Waals surface area contributed by atoms with E-state index in [9.17, 15) is 9.59 Å². The molecule has 3 aromatic carbocycles. The van der Waals surface area contributed by atoms with Gasteiger partial charge in [0.1, 0.15) is 0 Å². The molecule has 0 saturated heterocycles. The van der Waals surface area contributed by atoms with Crippen molar-refractivity contribution in [3.8, 4) is 22.6 Å². The fourth-order valence-corrected chi connectivity index (χ4v) is 5.07. The fraction of sp³-hybridized carbons (Fsp3) is 0.286. The van der Waals surface area contributed by atoms with Gasteiger partial charge < -0.3 is 9.47 Å². The largest absolute Gasteiger partial charge is 0.422 e. The molecule has 0 N–H and O–H groups in total. The highest BCUT2D eigenvalue weighted by molar-refractivity contribution is 5.93. The maximum atomic E-state index is 12.9. The van der Waals surface area contributed by atoms with Crippen LogP contribution in [0.4, 0.5) is 0 Å². The molecule has 0 spiro atoms. The van der Waals surface area contributed by atoms with Gasteiger partial charge in [-0.25, -0.2) is 4.79 Å². The minimum absolute atomic E-state index is 0.0764. The molecule has 0 saturated carbocycles. The third-order valence-corrected chi connectivity index (χ3v) is 6.82. The lowest BCUT2D eigenvalue weighted by atomic mass is 9.77. The standard InChI is InChI=1S/C28H26N4O4/c1-32-16-14-18-9-5-10-21-25(18)22(32)17-20-12-13-23(35-28(34)19-7-3-2-4-8-19)27(26(20)21)36-24(33)11-6-15-30-31-29/h2-5,7-10,12-13,22H,6,11,14-17H2,1H3/t22-/m1/s1. The van der Waals surface area contributed by atoms with Gasteiger partial charge >= 0.3 is 11.9 Å². The van der Waals surface area contributed by atoms with Crippen molar-refractivity contribution in [1.82, 2.24) is 4.90 Å². The molecule has 0 fully saturated rings. The van der Waals surface area contributed by atoms with E-state index in [4.69, 9.17) is 15.0 Å². The van der Waals surface area contributed by atoms with Gasteiger partial charge in [0, 0.05) is 36.0 Å². The van der Waals surface area contributed by atoms with Crippen LogP contribution in [0.3, 0.4) is 0 Å². The van der Waals surface area contributed by atoms with Crippen LogP contribution < -0.4 is 9.47 Å². The van der Waals surface area contributed by atoms with Gasteiger partial charge in [-0.05, 0) is 72.3 Å². The van der Waals surface area contributed by atoms with Crippen LogP contribution >= 0.6 is 0 Å². The molecular weight excluding hydrogens is 456 g/mol. The Morgan fingerprint density at radius 3 is 2.69 bits per heavy atom. The monoisotopic (exact) mass is 482 g/mol. The Hall–Kier alpha value is -4.13. The maximum Gasteiger partial charge on any atom is 0.343 e. The average Bonchev–Trinajstić information content (AvgIpc) is 2.90. The molecule has 3 aromatic rings. The normalized spacial score (nSPS) is 15.8. The van der Waals surface area contributed by atoms with E-state index < -0.39 is 11.9 Å². The van der Waals surface area contributed by atoms with E-state index in [1.54, 1.807) is 30.3 Å². The van der Waals surface area contributed by atoms with Crippen molar-refractivity contribution in [2.24, 2.45) is 5.11 Å². The second-order valence-electron chi connectivity index (χ2n) is 9.04. The average molecular weight is 483 g/mol. The van der Waals surface area contributed by atoms with Crippen molar-refractivity contribution in [2.75, 3.05) is 20.1 Å². The first-order valence-corrected chi connectivity index (χ1v) is 12.0. The van der Waals surface area contributed by atoms with Gasteiger partial charge in [-0.2, -0.15) is 0 Å². The summed E-state index contributed by atoms with van der Waals surface area (Å²) in [5.41, 5.74) is 14.2. The highest BCUT2D eigenvalue weighted by Crippen LogP contribution is 2.51. The predicted octanol–water partition coefficient (Wildman–Crippen LogP) is 5.65. The second kappa shape index (κ2) is 10.2. The summed E-state index contributed by atoms with van der Waals surface area (Å²) in [6, 6.07) is 18.8. The summed E-state index contributed by atoms with van der Waals surface area (Å²) in [4.78, 5) is 30.8. The van der Waals surface area contributed by atoms with Crippen LogP contribution in [-0.2, 0) is 17.6 Å². The number of carbonyl (C=O) groups is 2. The summed E-state index contributed by atoms with van der Waals surface area (Å²) in [6.45, 7) is 1.19. The molecule has 1 heterocycles. The molecule has 1 aliphatic heterocycles. The number of benzene rings is 3. The number of hydrogen-bond donors (Lipinski definition) is 0. The van der Waals surface area contributed by atoms with Crippen LogP contribution in [0.1, 0.15) is 45.9 Å². The quantitative estimate of drug-likeness (QED) is 0.108. The third-order valence-electron chi connectivity index (χ3n) is 6.82. The molecule has 0 bridgehead atoms. The summed E-state index contributed by atoms with van der Waals surface area (Å²) >= 11 is 0. The highest BCUT2D eigenvalue weighted by atomic mass is 16.6. The van der Waals surface area contributed by atoms with Crippen LogP contribution in [0.2, 0.25) is 0 Å². The number of carbonyl (C=O) groups excluding carboxylic acids is 2. The smallest absolute Gasteiger partial charge is 0.343 e. The van der Waals surface area contributed by atoms with E-state index >= 15 is 0 Å². The first-order chi connectivity index (χ1) is 17.6. The molecule has 0 radical (unpaired) electrons. The van der Waals surface area contributed by atoms with E-state index in [0.717, 1.165) is 36.1 Å². The van der Waals surface area contributed by atoms with E-state index in [1.807, 2.05) is 24.3 Å². The Balaban J connectivity index is 1.57. The Morgan fingerprint density at radius 1 is 1.06 bits per heavy atom. The van der Waals surface area contributed by atoms with Crippen molar-refractivity contribution >= 4 is 11.9 Å². The molecule has 1 aliphatic carbocycles. The Labute approximate surface area is 209 Å². The zero-order valence-electron chi connectivity index (χ0n) is 20.0.